The summed E-state index contributed by atoms with van der Waals surface area (Å²) >= 11 is 0. The van der Waals surface area contributed by atoms with E-state index < -0.39 is 0 Å². The van der Waals surface area contributed by atoms with Gasteiger partial charge in [0.05, 0.1) is 6.61 Å². The second-order valence-corrected chi connectivity index (χ2v) is 7.37. The molecule has 2 heterocycles. The van der Waals surface area contributed by atoms with Gasteiger partial charge in [-0.1, -0.05) is 18.2 Å². The van der Waals surface area contributed by atoms with Crippen LogP contribution in [-0.2, 0) is 6.54 Å². The third-order valence-electron chi connectivity index (χ3n) is 5.62. The van der Waals surface area contributed by atoms with Crippen LogP contribution < -0.4 is 4.74 Å². The first-order valence-electron chi connectivity index (χ1n) is 9.69. The molecule has 2 aliphatic heterocycles. The predicted octanol–water partition coefficient (Wildman–Crippen LogP) is 1.73. The SMILES string of the molecule is OCCOc1ccccc1CN1CCC[C@@H](N2CCC(CO)CC2)C1. The van der Waals surface area contributed by atoms with Crippen molar-refractivity contribution in [3.05, 3.63) is 29.8 Å². The smallest absolute Gasteiger partial charge is 0.123 e. The van der Waals surface area contributed by atoms with Crippen molar-refractivity contribution in [3.63, 3.8) is 0 Å². The van der Waals surface area contributed by atoms with E-state index in [-0.39, 0.29) is 6.61 Å². The monoisotopic (exact) mass is 348 g/mol. The van der Waals surface area contributed by atoms with E-state index in [9.17, 15) is 5.11 Å². The third kappa shape index (κ3) is 5.17. The average molecular weight is 348 g/mol. The van der Waals surface area contributed by atoms with Gasteiger partial charge >= 0.3 is 0 Å². The van der Waals surface area contributed by atoms with Crippen LogP contribution in [0.1, 0.15) is 31.2 Å². The molecule has 0 aromatic heterocycles. The van der Waals surface area contributed by atoms with E-state index in [1.807, 2.05) is 12.1 Å². The van der Waals surface area contributed by atoms with Crippen molar-refractivity contribution in [1.29, 1.82) is 0 Å². The van der Waals surface area contributed by atoms with Gasteiger partial charge in [0.1, 0.15) is 12.4 Å². The van der Waals surface area contributed by atoms with Crippen LogP contribution in [0.2, 0.25) is 0 Å². The molecule has 1 atom stereocenters. The highest BCUT2D eigenvalue weighted by Gasteiger charge is 2.28. The van der Waals surface area contributed by atoms with Gasteiger partial charge in [0, 0.05) is 31.3 Å². The van der Waals surface area contributed by atoms with Crippen molar-refractivity contribution < 1.29 is 14.9 Å². The minimum atomic E-state index is 0.0456. The van der Waals surface area contributed by atoms with Crippen LogP contribution in [0.4, 0.5) is 0 Å². The van der Waals surface area contributed by atoms with Gasteiger partial charge < -0.3 is 14.9 Å². The number of para-hydroxylation sites is 1. The van der Waals surface area contributed by atoms with E-state index in [0.29, 0.717) is 25.2 Å². The highest BCUT2D eigenvalue weighted by molar-refractivity contribution is 5.33. The fraction of sp³-hybridized carbons (Fsp3) is 0.700. The molecular weight excluding hydrogens is 316 g/mol. The van der Waals surface area contributed by atoms with Crippen LogP contribution in [0.15, 0.2) is 24.3 Å². The molecule has 5 nitrogen and oxygen atoms in total. The summed E-state index contributed by atoms with van der Waals surface area (Å²) in [6.07, 6.45) is 4.78. The maximum atomic E-state index is 9.33. The summed E-state index contributed by atoms with van der Waals surface area (Å²) in [7, 11) is 0. The normalized spacial score (nSPS) is 23.7. The molecule has 0 aliphatic carbocycles. The Kier molecular flexibility index (Phi) is 7.11. The quantitative estimate of drug-likeness (QED) is 0.786. The van der Waals surface area contributed by atoms with Crippen LogP contribution in [0, 0.1) is 5.92 Å². The topological polar surface area (TPSA) is 56.2 Å². The standard InChI is InChI=1S/C20H32N2O3/c23-12-13-25-20-6-2-1-4-18(20)14-21-9-3-5-19(15-21)22-10-7-17(16-24)8-11-22/h1-2,4,6,17,19,23-24H,3,5,7-16H2/t19-/m1/s1. The minimum Gasteiger partial charge on any atom is -0.491 e. The van der Waals surface area contributed by atoms with E-state index in [1.54, 1.807) is 0 Å². The van der Waals surface area contributed by atoms with Crippen LogP contribution >= 0.6 is 0 Å². The maximum Gasteiger partial charge on any atom is 0.123 e. The Balaban J connectivity index is 1.55. The fourth-order valence-corrected chi connectivity index (χ4v) is 4.15. The summed E-state index contributed by atoms with van der Waals surface area (Å²) in [5.41, 5.74) is 1.20. The molecule has 0 saturated carbocycles. The predicted molar refractivity (Wildman–Crippen MR) is 98.7 cm³/mol. The third-order valence-corrected chi connectivity index (χ3v) is 5.62. The lowest BCUT2D eigenvalue weighted by Gasteiger charge is -2.42. The van der Waals surface area contributed by atoms with Gasteiger partial charge in [-0.25, -0.2) is 0 Å². The molecule has 2 aliphatic rings. The zero-order valence-corrected chi connectivity index (χ0v) is 15.1. The largest absolute Gasteiger partial charge is 0.491 e. The van der Waals surface area contributed by atoms with Crippen molar-refractivity contribution >= 4 is 0 Å². The van der Waals surface area contributed by atoms with Gasteiger partial charge in [0.25, 0.3) is 0 Å². The molecule has 1 aromatic rings. The lowest BCUT2D eigenvalue weighted by molar-refractivity contribution is 0.0540. The van der Waals surface area contributed by atoms with Crippen molar-refractivity contribution in [2.45, 2.75) is 38.3 Å². The molecular formula is C20H32N2O3. The Bertz CT molecular complexity index is 517. The van der Waals surface area contributed by atoms with Gasteiger partial charge in [0.2, 0.25) is 0 Å². The minimum absolute atomic E-state index is 0.0456. The molecule has 2 fully saturated rings. The number of piperidine rings is 2. The first-order valence-corrected chi connectivity index (χ1v) is 9.69. The summed E-state index contributed by atoms with van der Waals surface area (Å²) in [6, 6.07) is 8.80. The lowest BCUT2D eigenvalue weighted by Crippen LogP contribution is -2.50. The van der Waals surface area contributed by atoms with Gasteiger partial charge in [0.15, 0.2) is 0 Å². The second kappa shape index (κ2) is 9.53. The highest BCUT2D eigenvalue weighted by Crippen LogP contribution is 2.26. The average Bonchev–Trinajstić information content (AvgIpc) is 2.67. The van der Waals surface area contributed by atoms with E-state index in [2.05, 4.69) is 21.9 Å². The molecule has 3 rings (SSSR count). The number of benzene rings is 1. The van der Waals surface area contributed by atoms with Crippen LogP contribution in [0.3, 0.4) is 0 Å². The molecule has 0 amide bonds. The molecule has 0 unspecified atom stereocenters. The zero-order valence-electron chi connectivity index (χ0n) is 15.1. The van der Waals surface area contributed by atoms with Gasteiger partial charge in [-0.15, -0.1) is 0 Å². The molecule has 1 aromatic carbocycles. The molecule has 140 valence electrons. The van der Waals surface area contributed by atoms with Crippen molar-refractivity contribution in [3.8, 4) is 5.75 Å². The number of aliphatic hydroxyl groups excluding tert-OH is 2. The maximum absolute atomic E-state index is 9.33. The molecule has 25 heavy (non-hydrogen) atoms. The molecule has 0 bridgehead atoms. The van der Waals surface area contributed by atoms with Crippen molar-refractivity contribution in [2.75, 3.05) is 46.0 Å². The molecule has 2 saturated heterocycles. The summed E-state index contributed by atoms with van der Waals surface area (Å²) < 4.78 is 5.68. The van der Waals surface area contributed by atoms with Crippen LogP contribution in [0.25, 0.3) is 0 Å². The van der Waals surface area contributed by atoms with E-state index in [4.69, 9.17) is 9.84 Å². The van der Waals surface area contributed by atoms with E-state index >= 15 is 0 Å². The number of rotatable bonds is 7. The van der Waals surface area contributed by atoms with Gasteiger partial charge in [-0.05, 0) is 57.3 Å². The van der Waals surface area contributed by atoms with Crippen molar-refractivity contribution in [1.82, 2.24) is 9.80 Å². The number of hydrogen-bond donors (Lipinski definition) is 2. The number of nitrogens with zero attached hydrogens (tertiary/aromatic N) is 2. The van der Waals surface area contributed by atoms with Crippen LogP contribution in [0.5, 0.6) is 5.75 Å². The number of ether oxygens (including phenoxy) is 1. The summed E-state index contributed by atoms with van der Waals surface area (Å²) in [5.74, 6) is 1.40. The highest BCUT2D eigenvalue weighted by atomic mass is 16.5. The molecule has 0 spiro atoms. The lowest BCUT2D eigenvalue weighted by atomic mass is 9.94. The Morgan fingerprint density at radius 3 is 2.60 bits per heavy atom. The summed E-state index contributed by atoms with van der Waals surface area (Å²) in [6.45, 7) is 6.14. The Morgan fingerprint density at radius 1 is 1.04 bits per heavy atom. The second-order valence-electron chi connectivity index (χ2n) is 7.37. The van der Waals surface area contributed by atoms with Gasteiger partial charge in [-0.2, -0.15) is 0 Å². The molecule has 0 radical (unpaired) electrons. The fourth-order valence-electron chi connectivity index (χ4n) is 4.15. The van der Waals surface area contributed by atoms with E-state index in [0.717, 1.165) is 51.3 Å². The molecule has 5 heteroatoms. The number of likely N-dealkylation sites (tertiary alicyclic amines) is 2. The Morgan fingerprint density at radius 2 is 1.84 bits per heavy atom. The van der Waals surface area contributed by atoms with Crippen LogP contribution in [-0.4, -0.2) is 72.1 Å². The van der Waals surface area contributed by atoms with Gasteiger partial charge in [-0.3, -0.25) is 9.80 Å². The summed E-state index contributed by atoms with van der Waals surface area (Å²) in [5, 5.41) is 18.3. The first kappa shape index (κ1) is 18.6. The first-order chi connectivity index (χ1) is 12.3. The molecule has 2 N–H and O–H groups in total. The number of hydrogen-bond acceptors (Lipinski definition) is 5. The Labute approximate surface area is 151 Å². The zero-order chi connectivity index (χ0) is 17.5. The number of aliphatic hydroxyl groups is 2. The summed E-state index contributed by atoms with van der Waals surface area (Å²) in [4.78, 5) is 5.17. The van der Waals surface area contributed by atoms with Crippen molar-refractivity contribution in [2.24, 2.45) is 5.92 Å². The Hall–Kier alpha value is -1.14. The van der Waals surface area contributed by atoms with E-state index in [1.165, 1.54) is 18.4 Å².